The number of nitro groups is 1. The minimum atomic E-state index is -0.498. The first-order chi connectivity index (χ1) is 7.75. The van der Waals surface area contributed by atoms with E-state index in [-0.39, 0.29) is 11.6 Å². The Kier molecular flexibility index (Phi) is 5.21. The Morgan fingerprint density at radius 2 is 2.38 bits per heavy atom. The van der Waals surface area contributed by atoms with Gasteiger partial charge in [0.05, 0.1) is 4.92 Å². The molecule has 1 aromatic rings. The zero-order valence-electron chi connectivity index (χ0n) is 9.18. The fourth-order valence-electron chi connectivity index (χ4n) is 1.15. The van der Waals surface area contributed by atoms with E-state index < -0.39 is 4.92 Å². The van der Waals surface area contributed by atoms with Gasteiger partial charge in [-0.3, -0.25) is 10.1 Å². The van der Waals surface area contributed by atoms with Crippen molar-refractivity contribution in [3.63, 3.8) is 0 Å². The first kappa shape index (κ1) is 12.4. The fourth-order valence-corrected chi connectivity index (χ4v) is 1.15. The molecule has 88 valence electrons. The quantitative estimate of drug-likeness (QED) is 0.431. The third-order valence-electron chi connectivity index (χ3n) is 1.89. The summed E-state index contributed by atoms with van der Waals surface area (Å²) in [6.07, 6.45) is 2.52. The Balaban J connectivity index is 2.44. The molecule has 0 saturated heterocycles. The number of pyridine rings is 1. The van der Waals surface area contributed by atoms with Crippen LogP contribution in [0.2, 0.25) is 0 Å². The van der Waals surface area contributed by atoms with Gasteiger partial charge >= 0.3 is 5.69 Å². The highest BCUT2D eigenvalue weighted by Crippen LogP contribution is 2.22. The maximum Gasteiger partial charge on any atom is 0.330 e. The largest absolute Gasteiger partial charge is 0.471 e. The van der Waals surface area contributed by atoms with Crippen LogP contribution in [0, 0.1) is 10.1 Å². The van der Waals surface area contributed by atoms with E-state index >= 15 is 0 Å². The molecule has 16 heavy (non-hydrogen) atoms. The summed E-state index contributed by atoms with van der Waals surface area (Å²) in [4.78, 5) is 14.0. The Morgan fingerprint density at radius 3 is 3.06 bits per heavy atom. The maximum atomic E-state index is 10.6. The third-order valence-corrected chi connectivity index (χ3v) is 1.89. The number of hydrogen-bond acceptors (Lipinski definition) is 5. The van der Waals surface area contributed by atoms with Crippen molar-refractivity contribution < 1.29 is 9.66 Å². The van der Waals surface area contributed by atoms with Crippen molar-refractivity contribution in [2.24, 2.45) is 0 Å². The second kappa shape index (κ2) is 6.73. The standard InChI is InChI=1S/C10H15N3O3/c1-2-5-11-7-8-16-10-9(13(14)15)4-3-6-12-10/h3-4,6,11H,2,5,7-8H2,1H3. The van der Waals surface area contributed by atoms with Gasteiger partial charge in [-0.2, -0.15) is 0 Å². The van der Waals surface area contributed by atoms with E-state index in [4.69, 9.17) is 4.74 Å². The lowest BCUT2D eigenvalue weighted by Gasteiger charge is -2.05. The number of nitrogens with one attached hydrogen (secondary N) is 1. The molecule has 6 heteroatoms. The van der Waals surface area contributed by atoms with E-state index in [9.17, 15) is 10.1 Å². The molecule has 0 aromatic carbocycles. The van der Waals surface area contributed by atoms with Crippen molar-refractivity contribution in [1.82, 2.24) is 10.3 Å². The Hall–Kier alpha value is -1.69. The summed E-state index contributed by atoms with van der Waals surface area (Å²) in [6.45, 7) is 4.00. The predicted octanol–water partition coefficient (Wildman–Crippen LogP) is 1.37. The van der Waals surface area contributed by atoms with Gasteiger partial charge in [0.25, 0.3) is 5.88 Å². The normalized spacial score (nSPS) is 10.1. The zero-order valence-corrected chi connectivity index (χ0v) is 9.18. The molecule has 0 unspecified atom stereocenters. The van der Waals surface area contributed by atoms with Gasteiger partial charge in [0, 0.05) is 18.8 Å². The van der Waals surface area contributed by atoms with Crippen LogP contribution in [0.1, 0.15) is 13.3 Å². The Morgan fingerprint density at radius 1 is 1.56 bits per heavy atom. The number of ether oxygens (including phenoxy) is 1. The van der Waals surface area contributed by atoms with Crippen molar-refractivity contribution in [2.45, 2.75) is 13.3 Å². The molecule has 1 heterocycles. The number of nitrogens with zero attached hydrogens (tertiary/aromatic N) is 2. The van der Waals surface area contributed by atoms with E-state index in [1.54, 1.807) is 0 Å². The van der Waals surface area contributed by atoms with Crippen LogP contribution < -0.4 is 10.1 Å². The average Bonchev–Trinajstić information content (AvgIpc) is 2.29. The molecular formula is C10H15N3O3. The minimum absolute atomic E-state index is 0.0748. The average molecular weight is 225 g/mol. The number of rotatable bonds is 7. The summed E-state index contributed by atoms with van der Waals surface area (Å²) in [5.41, 5.74) is -0.0991. The van der Waals surface area contributed by atoms with E-state index in [0.717, 1.165) is 13.0 Å². The van der Waals surface area contributed by atoms with Gasteiger partial charge in [-0.25, -0.2) is 4.98 Å². The zero-order chi connectivity index (χ0) is 11.8. The van der Waals surface area contributed by atoms with Crippen LogP contribution >= 0.6 is 0 Å². The first-order valence-corrected chi connectivity index (χ1v) is 5.18. The molecule has 0 aliphatic heterocycles. The van der Waals surface area contributed by atoms with Crippen LogP contribution in [0.4, 0.5) is 5.69 Å². The minimum Gasteiger partial charge on any atom is -0.471 e. The van der Waals surface area contributed by atoms with Crippen LogP contribution in [0.15, 0.2) is 18.3 Å². The lowest BCUT2D eigenvalue weighted by molar-refractivity contribution is -0.386. The summed E-state index contributed by atoms with van der Waals surface area (Å²) in [5.74, 6) is 0.0748. The molecule has 0 atom stereocenters. The predicted molar refractivity (Wildman–Crippen MR) is 59.5 cm³/mol. The second-order valence-corrected chi connectivity index (χ2v) is 3.18. The molecule has 0 amide bonds. The SMILES string of the molecule is CCCNCCOc1ncccc1[N+](=O)[O-]. The molecule has 0 fully saturated rings. The van der Waals surface area contributed by atoms with Crippen molar-refractivity contribution >= 4 is 5.69 Å². The summed E-state index contributed by atoms with van der Waals surface area (Å²) in [6, 6.07) is 2.89. The highest BCUT2D eigenvalue weighted by atomic mass is 16.6. The van der Waals surface area contributed by atoms with Crippen LogP contribution in [-0.2, 0) is 0 Å². The van der Waals surface area contributed by atoms with Crippen LogP contribution in [0.3, 0.4) is 0 Å². The molecule has 0 spiro atoms. The molecule has 1 aromatic heterocycles. The molecule has 0 aliphatic carbocycles. The molecule has 0 saturated carbocycles. The second-order valence-electron chi connectivity index (χ2n) is 3.18. The monoisotopic (exact) mass is 225 g/mol. The van der Waals surface area contributed by atoms with Crippen molar-refractivity contribution in [1.29, 1.82) is 0 Å². The molecule has 0 radical (unpaired) electrons. The van der Waals surface area contributed by atoms with Crippen molar-refractivity contribution in [3.05, 3.63) is 28.4 Å². The molecule has 0 bridgehead atoms. The topological polar surface area (TPSA) is 77.3 Å². The highest BCUT2D eigenvalue weighted by Gasteiger charge is 2.14. The Labute approximate surface area is 93.8 Å². The third kappa shape index (κ3) is 3.82. The van der Waals surface area contributed by atoms with Gasteiger partial charge in [-0.05, 0) is 19.0 Å². The molecule has 6 nitrogen and oxygen atoms in total. The lowest BCUT2D eigenvalue weighted by atomic mass is 10.4. The van der Waals surface area contributed by atoms with Gasteiger partial charge in [0.2, 0.25) is 0 Å². The van der Waals surface area contributed by atoms with Crippen molar-refractivity contribution in [3.8, 4) is 5.88 Å². The van der Waals surface area contributed by atoms with Gasteiger partial charge in [-0.15, -0.1) is 0 Å². The molecule has 1 N–H and O–H groups in total. The molecule has 0 aliphatic rings. The fraction of sp³-hybridized carbons (Fsp3) is 0.500. The summed E-state index contributed by atoms with van der Waals surface area (Å²) in [5, 5.41) is 13.8. The van der Waals surface area contributed by atoms with E-state index in [1.807, 2.05) is 0 Å². The van der Waals surface area contributed by atoms with Crippen molar-refractivity contribution in [2.75, 3.05) is 19.7 Å². The highest BCUT2D eigenvalue weighted by molar-refractivity contribution is 5.39. The van der Waals surface area contributed by atoms with E-state index in [1.165, 1.54) is 18.3 Å². The summed E-state index contributed by atoms with van der Waals surface area (Å²) >= 11 is 0. The molecular weight excluding hydrogens is 210 g/mol. The van der Waals surface area contributed by atoms with Gasteiger partial charge < -0.3 is 10.1 Å². The van der Waals surface area contributed by atoms with E-state index in [2.05, 4.69) is 17.2 Å². The summed E-state index contributed by atoms with van der Waals surface area (Å²) < 4.78 is 5.23. The van der Waals surface area contributed by atoms with Gasteiger partial charge in [-0.1, -0.05) is 6.92 Å². The first-order valence-electron chi connectivity index (χ1n) is 5.18. The Bertz CT molecular complexity index is 344. The summed E-state index contributed by atoms with van der Waals surface area (Å²) in [7, 11) is 0. The van der Waals surface area contributed by atoms with Crippen LogP contribution in [0.25, 0.3) is 0 Å². The van der Waals surface area contributed by atoms with Crippen LogP contribution in [-0.4, -0.2) is 29.6 Å². The smallest absolute Gasteiger partial charge is 0.330 e. The number of hydrogen-bond donors (Lipinski definition) is 1. The number of aromatic nitrogens is 1. The lowest BCUT2D eigenvalue weighted by Crippen LogP contribution is -2.22. The maximum absolute atomic E-state index is 10.6. The van der Waals surface area contributed by atoms with Crippen LogP contribution in [0.5, 0.6) is 5.88 Å². The van der Waals surface area contributed by atoms with Gasteiger partial charge in [0.15, 0.2) is 0 Å². The van der Waals surface area contributed by atoms with Gasteiger partial charge in [0.1, 0.15) is 6.61 Å². The van der Waals surface area contributed by atoms with E-state index in [0.29, 0.717) is 13.2 Å². The molecule has 1 rings (SSSR count).